The number of rotatable bonds is 2. The topological polar surface area (TPSA) is 57.7 Å². The summed E-state index contributed by atoms with van der Waals surface area (Å²) in [5.41, 5.74) is 2.61. The summed E-state index contributed by atoms with van der Waals surface area (Å²) in [5.74, 6) is 1.81. The summed E-state index contributed by atoms with van der Waals surface area (Å²) < 4.78 is 9.27. The van der Waals surface area contributed by atoms with Gasteiger partial charge >= 0.3 is 0 Å². The second kappa shape index (κ2) is 8.28. The Bertz CT molecular complexity index is 1030. The van der Waals surface area contributed by atoms with E-state index < -0.39 is 0 Å². The molecule has 5 aliphatic rings. The lowest BCUT2D eigenvalue weighted by atomic mass is 10.1. The number of carbonyl (C=O) groups excluding carboxylic acids is 1. The minimum absolute atomic E-state index is 0.0580. The number of amides is 1. The standard InChI is InChI=1S/C23H22N4O2S/c28-23(27-13-11-26(12-14-27)22-3-1-2-10-24-22)21-15-20-9-4-17(21)16-29-19-7-5-18(6-8-19)25-30-20/h1-10,15,25H,11-14,16H2. The molecule has 30 heavy (non-hydrogen) atoms. The molecule has 1 amide bonds. The van der Waals surface area contributed by atoms with E-state index in [1.54, 1.807) is 6.20 Å². The number of nitrogens with zero attached hydrogens (tertiary/aromatic N) is 3. The van der Waals surface area contributed by atoms with Crippen LogP contribution >= 0.6 is 11.9 Å². The van der Waals surface area contributed by atoms with E-state index in [0.29, 0.717) is 25.3 Å². The van der Waals surface area contributed by atoms with Crippen LogP contribution < -0.4 is 14.4 Å². The van der Waals surface area contributed by atoms with E-state index in [1.807, 2.05) is 65.6 Å². The van der Waals surface area contributed by atoms with E-state index in [-0.39, 0.29) is 5.91 Å². The van der Waals surface area contributed by atoms with E-state index >= 15 is 0 Å². The van der Waals surface area contributed by atoms with Gasteiger partial charge in [-0.25, -0.2) is 4.98 Å². The van der Waals surface area contributed by atoms with Gasteiger partial charge in [0.05, 0.1) is 0 Å². The number of piperazine rings is 1. The largest absolute Gasteiger partial charge is 0.489 e. The first-order valence-electron chi connectivity index (χ1n) is 10.0. The summed E-state index contributed by atoms with van der Waals surface area (Å²) in [6.45, 7) is 3.26. The maximum Gasteiger partial charge on any atom is 0.254 e. The highest BCUT2D eigenvalue weighted by atomic mass is 32.2. The molecule has 8 rings (SSSR count). The van der Waals surface area contributed by atoms with Crippen molar-refractivity contribution in [2.45, 2.75) is 11.5 Å². The Morgan fingerprint density at radius 1 is 1.00 bits per heavy atom. The minimum Gasteiger partial charge on any atom is -0.489 e. The zero-order valence-electron chi connectivity index (χ0n) is 16.5. The van der Waals surface area contributed by atoms with Gasteiger partial charge < -0.3 is 19.3 Å². The monoisotopic (exact) mass is 418 g/mol. The van der Waals surface area contributed by atoms with Gasteiger partial charge in [0.2, 0.25) is 0 Å². The molecule has 7 heteroatoms. The first kappa shape index (κ1) is 18.8. The molecule has 6 nitrogen and oxygen atoms in total. The van der Waals surface area contributed by atoms with Gasteiger partial charge in [0.15, 0.2) is 0 Å². The van der Waals surface area contributed by atoms with Crippen LogP contribution in [0.2, 0.25) is 0 Å². The normalized spacial score (nSPS) is 15.7. The van der Waals surface area contributed by atoms with Crippen molar-refractivity contribution in [3.8, 4) is 5.75 Å². The van der Waals surface area contributed by atoms with E-state index in [2.05, 4.69) is 14.6 Å². The highest BCUT2D eigenvalue weighted by molar-refractivity contribution is 8.00. The molecule has 3 aromatic rings. The van der Waals surface area contributed by atoms with Gasteiger partial charge in [0, 0.05) is 54.1 Å². The van der Waals surface area contributed by atoms with Gasteiger partial charge in [-0.05, 0) is 60.5 Å². The van der Waals surface area contributed by atoms with E-state index in [1.165, 1.54) is 11.9 Å². The van der Waals surface area contributed by atoms with Crippen LogP contribution in [0.15, 0.2) is 71.8 Å². The molecule has 1 fully saturated rings. The quantitative estimate of drug-likeness (QED) is 0.634. The van der Waals surface area contributed by atoms with Crippen molar-refractivity contribution < 1.29 is 9.53 Å². The van der Waals surface area contributed by atoms with Crippen molar-refractivity contribution in [1.29, 1.82) is 0 Å². The third-order valence-corrected chi connectivity index (χ3v) is 6.21. The van der Waals surface area contributed by atoms with Crippen LogP contribution in [0.5, 0.6) is 5.75 Å². The molecule has 1 N–H and O–H groups in total. The van der Waals surface area contributed by atoms with Crippen molar-refractivity contribution >= 4 is 29.4 Å². The molecule has 5 aliphatic heterocycles. The molecule has 6 heterocycles. The predicted molar refractivity (Wildman–Crippen MR) is 119 cm³/mol. The predicted octanol–water partition coefficient (Wildman–Crippen LogP) is 4.06. The van der Waals surface area contributed by atoms with Gasteiger partial charge in [0.25, 0.3) is 5.91 Å². The van der Waals surface area contributed by atoms with Crippen molar-refractivity contribution in [2.24, 2.45) is 0 Å². The van der Waals surface area contributed by atoms with Crippen LogP contribution in [0, 0.1) is 0 Å². The van der Waals surface area contributed by atoms with Crippen LogP contribution in [-0.4, -0.2) is 42.0 Å². The van der Waals surface area contributed by atoms with Crippen molar-refractivity contribution in [2.75, 3.05) is 35.8 Å². The SMILES string of the molecule is O=C(c1cc2ccc1COc1ccc(cc1)NS2)N1CCN(c2ccccn2)CC1. The summed E-state index contributed by atoms with van der Waals surface area (Å²) in [6, 6.07) is 19.8. The Labute approximate surface area is 180 Å². The second-order valence-electron chi connectivity index (χ2n) is 7.30. The smallest absolute Gasteiger partial charge is 0.254 e. The number of pyridine rings is 1. The molecule has 0 saturated carbocycles. The number of hydrogen-bond donors (Lipinski definition) is 1. The molecular weight excluding hydrogens is 396 g/mol. The molecule has 0 radical (unpaired) electrons. The first-order valence-corrected chi connectivity index (χ1v) is 10.8. The molecule has 0 unspecified atom stereocenters. The molecule has 0 aliphatic carbocycles. The van der Waals surface area contributed by atoms with Crippen molar-refractivity contribution in [1.82, 2.24) is 9.88 Å². The van der Waals surface area contributed by atoms with Crippen LogP contribution in [-0.2, 0) is 6.61 Å². The highest BCUT2D eigenvalue weighted by Gasteiger charge is 2.25. The fourth-order valence-electron chi connectivity index (χ4n) is 3.69. The van der Waals surface area contributed by atoms with E-state index in [0.717, 1.165) is 40.8 Å². The molecule has 0 atom stereocenters. The number of benzene rings is 2. The van der Waals surface area contributed by atoms with Gasteiger partial charge in [-0.15, -0.1) is 0 Å². The van der Waals surface area contributed by atoms with Crippen LogP contribution in [0.25, 0.3) is 0 Å². The molecule has 152 valence electrons. The van der Waals surface area contributed by atoms with Crippen LogP contribution in [0.3, 0.4) is 0 Å². The third-order valence-electron chi connectivity index (χ3n) is 5.39. The lowest BCUT2D eigenvalue weighted by Crippen LogP contribution is -2.49. The van der Waals surface area contributed by atoms with Crippen LogP contribution in [0.4, 0.5) is 11.5 Å². The average molecular weight is 419 g/mol. The van der Waals surface area contributed by atoms with E-state index in [4.69, 9.17) is 4.74 Å². The maximum atomic E-state index is 13.4. The number of aromatic nitrogens is 1. The summed E-state index contributed by atoms with van der Waals surface area (Å²) in [6.07, 6.45) is 1.80. The number of carbonyl (C=O) groups is 1. The Hall–Kier alpha value is -3.19. The lowest BCUT2D eigenvalue weighted by molar-refractivity contribution is 0.0743. The molecule has 1 saturated heterocycles. The first-order chi connectivity index (χ1) is 14.8. The minimum atomic E-state index is 0.0580. The van der Waals surface area contributed by atoms with Gasteiger partial charge in [-0.3, -0.25) is 4.79 Å². The number of ether oxygens (including phenoxy) is 1. The molecule has 4 bridgehead atoms. The number of hydrogen-bond acceptors (Lipinski definition) is 6. The summed E-state index contributed by atoms with van der Waals surface area (Å²) in [4.78, 5) is 23.0. The van der Waals surface area contributed by atoms with Gasteiger partial charge in [0.1, 0.15) is 18.2 Å². The van der Waals surface area contributed by atoms with E-state index in [9.17, 15) is 4.79 Å². The maximum absolute atomic E-state index is 13.4. The van der Waals surface area contributed by atoms with Gasteiger partial charge in [-0.1, -0.05) is 12.1 Å². The molecule has 1 aromatic heterocycles. The third kappa shape index (κ3) is 3.93. The molecular formula is C23H22N4O2S. The fraction of sp³-hybridized carbons (Fsp3) is 0.217. The highest BCUT2D eigenvalue weighted by Crippen LogP contribution is 2.28. The van der Waals surface area contributed by atoms with Crippen molar-refractivity contribution in [3.05, 3.63) is 78.0 Å². The van der Waals surface area contributed by atoms with Gasteiger partial charge in [-0.2, -0.15) is 0 Å². The summed E-state index contributed by atoms with van der Waals surface area (Å²) >= 11 is 1.51. The fourth-order valence-corrected chi connectivity index (χ4v) is 4.38. The molecule has 0 spiro atoms. The Balaban J connectivity index is 1.34. The van der Waals surface area contributed by atoms with Crippen molar-refractivity contribution in [3.63, 3.8) is 0 Å². The Kier molecular flexibility index (Phi) is 5.19. The second-order valence-corrected chi connectivity index (χ2v) is 8.18. The zero-order chi connectivity index (χ0) is 20.3. The summed E-state index contributed by atoms with van der Waals surface area (Å²) in [7, 11) is 0. The lowest BCUT2D eigenvalue weighted by Gasteiger charge is -2.35. The van der Waals surface area contributed by atoms with Crippen LogP contribution in [0.1, 0.15) is 15.9 Å². The average Bonchev–Trinajstić information content (AvgIpc) is 2.81. The Morgan fingerprint density at radius 2 is 1.83 bits per heavy atom. The Morgan fingerprint density at radius 3 is 2.60 bits per heavy atom. The summed E-state index contributed by atoms with van der Waals surface area (Å²) in [5, 5.41) is 0. The molecule has 2 aromatic carbocycles. The zero-order valence-corrected chi connectivity index (χ0v) is 17.3. The number of nitrogens with one attached hydrogen (secondary N) is 1. The number of anilines is 2.